The third kappa shape index (κ3) is 4.16. The molecule has 1 amide bonds. The van der Waals surface area contributed by atoms with Crippen LogP contribution in [0.2, 0.25) is 5.02 Å². The van der Waals surface area contributed by atoms with E-state index in [9.17, 15) is 14.7 Å². The van der Waals surface area contributed by atoms with E-state index >= 15 is 0 Å². The van der Waals surface area contributed by atoms with Crippen molar-refractivity contribution in [2.45, 2.75) is 13.0 Å². The van der Waals surface area contributed by atoms with Crippen molar-refractivity contribution in [2.75, 3.05) is 4.90 Å². The Bertz CT molecular complexity index is 1200. The van der Waals surface area contributed by atoms with Gasteiger partial charge in [0, 0.05) is 10.7 Å². The van der Waals surface area contributed by atoms with Crippen molar-refractivity contribution in [1.29, 1.82) is 0 Å². The Labute approximate surface area is 185 Å². The first-order valence-corrected chi connectivity index (χ1v) is 10.2. The maximum absolute atomic E-state index is 13.2. The fourth-order valence-electron chi connectivity index (χ4n) is 3.69. The van der Waals surface area contributed by atoms with Crippen LogP contribution in [0.5, 0.6) is 0 Å². The SMILES string of the molecule is Cc1cccc(N2C(=O)C(O)=C(C(=O)/C=C/c3ccccc3)[C@H]2c2ccc(Cl)cc2)c1. The molecule has 0 aromatic heterocycles. The molecule has 0 fully saturated rings. The summed E-state index contributed by atoms with van der Waals surface area (Å²) >= 11 is 6.05. The lowest BCUT2D eigenvalue weighted by Crippen LogP contribution is -2.30. The number of anilines is 1. The van der Waals surface area contributed by atoms with Gasteiger partial charge in [-0.3, -0.25) is 14.5 Å². The van der Waals surface area contributed by atoms with Crippen LogP contribution < -0.4 is 4.90 Å². The number of rotatable bonds is 5. The zero-order chi connectivity index (χ0) is 22.0. The van der Waals surface area contributed by atoms with Crippen LogP contribution in [0.4, 0.5) is 5.69 Å². The Morgan fingerprint density at radius 1 is 1.00 bits per heavy atom. The lowest BCUT2D eigenvalue weighted by molar-refractivity contribution is -0.117. The van der Waals surface area contributed by atoms with Crippen LogP contribution in [-0.2, 0) is 9.59 Å². The Kier molecular flexibility index (Phi) is 5.74. The highest BCUT2D eigenvalue weighted by Crippen LogP contribution is 2.41. The summed E-state index contributed by atoms with van der Waals surface area (Å²) in [5.41, 5.74) is 3.13. The number of nitrogens with zero attached hydrogens (tertiary/aromatic N) is 1. The van der Waals surface area contributed by atoms with Crippen LogP contribution in [0.25, 0.3) is 6.08 Å². The molecule has 3 aromatic carbocycles. The fraction of sp³-hybridized carbons (Fsp3) is 0.0769. The molecule has 154 valence electrons. The highest BCUT2D eigenvalue weighted by molar-refractivity contribution is 6.30. The molecule has 4 rings (SSSR count). The van der Waals surface area contributed by atoms with Gasteiger partial charge in [0.15, 0.2) is 11.5 Å². The molecule has 0 spiro atoms. The molecule has 1 N–H and O–H groups in total. The van der Waals surface area contributed by atoms with E-state index in [2.05, 4.69) is 0 Å². The van der Waals surface area contributed by atoms with Crippen LogP contribution in [0.1, 0.15) is 22.7 Å². The number of aliphatic hydroxyl groups is 1. The van der Waals surface area contributed by atoms with Gasteiger partial charge in [0.1, 0.15) is 0 Å². The van der Waals surface area contributed by atoms with Gasteiger partial charge >= 0.3 is 0 Å². The van der Waals surface area contributed by atoms with Gasteiger partial charge in [-0.25, -0.2) is 0 Å². The smallest absolute Gasteiger partial charge is 0.294 e. The van der Waals surface area contributed by atoms with Crippen molar-refractivity contribution in [3.63, 3.8) is 0 Å². The van der Waals surface area contributed by atoms with Gasteiger partial charge in [-0.05, 0) is 54.0 Å². The molecule has 0 radical (unpaired) electrons. The van der Waals surface area contributed by atoms with Crippen molar-refractivity contribution in [3.8, 4) is 0 Å². The summed E-state index contributed by atoms with van der Waals surface area (Å²) in [4.78, 5) is 27.7. The van der Waals surface area contributed by atoms with E-state index in [0.717, 1.165) is 11.1 Å². The third-order valence-electron chi connectivity index (χ3n) is 5.17. The van der Waals surface area contributed by atoms with Gasteiger partial charge in [-0.15, -0.1) is 0 Å². The third-order valence-corrected chi connectivity index (χ3v) is 5.42. The highest BCUT2D eigenvalue weighted by atomic mass is 35.5. The second-order valence-electron chi connectivity index (χ2n) is 7.34. The maximum atomic E-state index is 13.2. The Hall–Kier alpha value is -3.63. The van der Waals surface area contributed by atoms with Gasteiger partial charge in [0.2, 0.25) is 0 Å². The number of amides is 1. The molecule has 0 bridgehead atoms. The van der Waals surface area contributed by atoms with E-state index in [1.54, 1.807) is 36.4 Å². The van der Waals surface area contributed by atoms with Crippen molar-refractivity contribution in [3.05, 3.63) is 118 Å². The summed E-state index contributed by atoms with van der Waals surface area (Å²) in [5.74, 6) is -1.57. The Balaban J connectivity index is 1.79. The fourth-order valence-corrected chi connectivity index (χ4v) is 3.81. The first-order chi connectivity index (χ1) is 15.0. The van der Waals surface area contributed by atoms with Gasteiger partial charge in [-0.2, -0.15) is 0 Å². The summed E-state index contributed by atoms with van der Waals surface area (Å²) in [6.45, 7) is 1.92. The van der Waals surface area contributed by atoms with E-state index < -0.39 is 23.5 Å². The van der Waals surface area contributed by atoms with Gasteiger partial charge in [0.25, 0.3) is 5.91 Å². The van der Waals surface area contributed by atoms with Crippen molar-refractivity contribution >= 4 is 35.1 Å². The molecule has 3 aromatic rings. The average molecular weight is 430 g/mol. The standard InChI is InChI=1S/C26H20ClNO3/c1-17-6-5-9-21(16-17)28-24(19-11-13-20(27)14-12-19)23(25(30)26(28)31)22(29)15-10-18-7-3-2-4-8-18/h2-16,24,30H,1H3/b15-10+/t24-/m1/s1. The molecule has 4 nitrogen and oxygen atoms in total. The molecule has 0 aliphatic carbocycles. The first kappa shape index (κ1) is 20.6. The largest absolute Gasteiger partial charge is 0.503 e. The van der Waals surface area contributed by atoms with Gasteiger partial charge in [-0.1, -0.05) is 72.3 Å². The summed E-state index contributed by atoms with van der Waals surface area (Å²) in [7, 11) is 0. The van der Waals surface area contributed by atoms with E-state index in [0.29, 0.717) is 16.3 Å². The van der Waals surface area contributed by atoms with E-state index in [-0.39, 0.29) is 5.57 Å². The second-order valence-corrected chi connectivity index (χ2v) is 7.78. The summed E-state index contributed by atoms with van der Waals surface area (Å²) in [6.07, 6.45) is 3.05. The minimum absolute atomic E-state index is 0.0426. The monoisotopic (exact) mass is 429 g/mol. The summed E-state index contributed by atoms with van der Waals surface area (Å²) in [5, 5.41) is 11.3. The van der Waals surface area contributed by atoms with Crippen molar-refractivity contribution in [2.24, 2.45) is 0 Å². The molecule has 1 atom stereocenters. The minimum Gasteiger partial charge on any atom is -0.503 e. The quantitative estimate of drug-likeness (QED) is 0.519. The van der Waals surface area contributed by atoms with Gasteiger partial charge < -0.3 is 5.11 Å². The van der Waals surface area contributed by atoms with Crippen molar-refractivity contribution < 1.29 is 14.7 Å². The summed E-state index contributed by atoms with van der Waals surface area (Å²) in [6, 6.07) is 22.9. The molecular weight excluding hydrogens is 410 g/mol. The maximum Gasteiger partial charge on any atom is 0.294 e. The van der Waals surface area contributed by atoms with E-state index in [1.165, 1.54) is 11.0 Å². The van der Waals surface area contributed by atoms with Crippen LogP contribution in [0.3, 0.4) is 0 Å². The van der Waals surface area contributed by atoms with Crippen LogP contribution in [0.15, 0.2) is 96.3 Å². The molecule has 1 heterocycles. The first-order valence-electron chi connectivity index (χ1n) is 9.82. The molecule has 1 aliphatic heterocycles. The normalized spacial score (nSPS) is 16.4. The average Bonchev–Trinajstić information content (AvgIpc) is 3.04. The Morgan fingerprint density at radius 2 is 1.71 bits per heavy atom. The van der Waals surface area contributed by atoms with Crippen LogP contribution >= 0.6 is 11.6 Å². The predicted octanol–water partition coefficient (Wildman–Crippen LogP) is 5.83. The number of carbonyl (C=O) groups excluding carboxylic acids is 2. The van der Waals surface area contributed by atoms with E-state index in [4.69, 9.17) is 11.6 Å². The number of halogens is 1. The number of aliphatic hydroxyl groups excluding tert-OH is 1. The van der Waals surface area contributed by atoms with Crippen LogP contribution in [0, 0.1) is 6.92 Å². The Morgan fingerprint density at radius 3 is 2.39 bits per heavy atom. The van der Waals surface area contributed by atoms with Crippen LogP contribution in [-0.4, -0.2) is 16.8 Å². The van der Waals surface area contributed by atoms with Gasteiger partial charge in [0.05, 0.1) is 11.6 Å². The molecule has 0 saturated carbocycles. The second kappa shape index (κ2) is 8.62. The number of allylic oxidation sites excluding steroid dienone is 1. The molecule has 0 unspecified atom stereocenters. The zero-order valence-corrected chi connectivity index (χ0v) is 17.6. The zero-order valence-electron chi connectivity index (χ0n) is 16.8. The summed E-state index contributed by atoms with van der Waals surface area (Å²) < 4.78 is 0. The topological polar surface area (TPSA) is 57.6 Å². The number of hydrogen-bond acceptors (Lipinski definition) is 3. The molecular formula is C26H20ClNO3. The minimum atomic E-state index is -0.764. The lowest BCUT2D eigenvalue weighted by Gasteiger charge is -2.27. The molecule has 31 heavy (non-hydrogen) atoms. The van der Waals surface area contributed by atoms with E-state index in [1.807, 2.05) is 55.5 Å². The predicted molar refractivity (Wildman–Crippen MR) is 123 cm³/mol. The number of hydrogen-bond donors (Lipinski definition) is 1. The number of aryl methyl sites for hydroxylation is 1. The lowest BCUT2D eigenvalue weighted by atomic mass is 9.95. The highest BCUT2D eigenvalue weighted by Gasteiger charge is 2.43. The number of ketones is 1. The molecule has 1 aliphatic rings. The molecule has 0 saturated heterocycles. The molecule has 5 heteroatoms. The van der Waals surface area contributed by atoms with Crippen molar-refractivity contribution in [1.82, 2.24) is 0 Å². The number of carbonyl (C=O) groups is 2. The number of benzene rings is 3.